The van der Waals surface area contributed by atoms with Crippen LogP contribution in [0.2, 0.25) is 0 Å². The molecule has 3 heteroatoms. The number of rotatable bonds is 7. The second-order valence-electron chi connectivity index (χ2n) is 5.29. The van der Waals surface area contributed by atoms with Gasteiger partial charge in [0.1, 0.15) is 0 Å². The number of halogens is 1. The Morgan fingerprint density at radius 3 is 2.78 bits per heavy atom. The normalized spacial score (nSPS) is 16.6. The Morgan fingerprint density at radius 1 is 1.39 bits per heavy atom. The average Bonchev–Trinajstić information content (AvgIpc) is 3.13. The van der Waals surface area contributed by atoms with Crippen LogP contribution < -0.4 is 10.1 Å². The van der Waals surface area contributed by atoms with Crippen LogP contribution in [0.5, 0.6) is 5.75 Å². The molecule has 1 aliphatic rings. The molecule has 1 fully saturated rings. The molecule has 0 amide bonds. The predicted molar refractivity (Wildman–Crippen MR) is 71.5 cm³/mol. The van der Waals surface area contributed by atoms with Crippen LogP contribution in [-0.2, 0) is 6.42 Å². The third-order valence-corrected chi connectivity index (χ3v) is 3.71. The van der Waals surface area contributed by atoms with Crippen molar-refractivity contribution in [3.8, 4) is 5.75 Å². The fourth-order valence-corrected chi connectivity index (χ4v) is 2.38. The topological polar surface area (TPSA) is 21.3 Å². The molecule has 1 aliphatic carbocycles. The molecule has 2 nitrogen and oxygen atoms in total. The summed E-state index contributed by atoms with van der Waals surface area (Å²) in [7, 11) is 1.51. The molecule has 1 aromatic carbocycles. The van der Waals surface area contributed by atoms with Gasteiger partial charge in [-0.05, 0) is 49.3 Å². The fourth-order valence-electron chi connectivity index (χ4n) is 2.38. The summed E-state index contributed by atoms with van der Waals surface area (Å²) < 4.78 is 19.1. The van der Waals surface area contributed by atoms with Crippen LogP contribution in [0.4, 0.5) is 4.39 Å². The summed E-state index contributed by atoms with van der Waals surface area (Å²) in [6.45, 7) is 4.20. The zero-order valence-corrected chi connectivity index (χ0v) is 11.3. The van der Waals surface area contributed by atoms with E-state index in [-0.39, 0.29) is 11.2 Å². The van der Waals surface area contributed by atoms with E-state index in [0.29, 0.717) is 5.75 Å². The average molecular weight is 251 g/mol. The van der Waals surface area contributed by atoms with E-state index < -0.39 is 0 Å². The largest absolute Gasteiger partial charge is 0.494 e. The van der Waals surface area contributed by atoms with Gasteiger partial charge in [-0.25, -0.2) is 4.39 Å². The van der Waals surface area contributed by atoms with E-state index in [0.717, 1.165) is 31.5 Å². The van der Waals surface area contributed by atoms with Crippen LogP contribution in [0.1, 0.15) is 31.7 Å². The number of methoxy groups -OCH3 is 1. The third kappa shape index (κ3) is 3.02. The van der Waals surface area contributed by atoms with Crippen LogP contribution in [0.15, 0.2) is 18.2 Å². The van der Waals surface area contributed by atoms with Crippen LogP contribution in [0, 0.1) is 11.2 Å². The number of ether oxygens (including phenoxy) is 1. The van der Waals surface area contributed by atoms with Crippen LogP contribution in [0.3, 0.4) is 0 Å². The Kier molecular flexibility index (Phi) is 4.23. The van der Waals surface area contributed by atoms with Gasteiger partial charge < -0.3 is 10.1 Å². The highest BCUT2D eigenvalue weighted by molar-refractivity contribution is 5.32. The van der Waals surface area contributed by atoms with Crippen LogP contribution >= 0.6 is 0 Å². The van der Waals surface area contributed by atoms with E-state index in [9.17, 15) is 4.39 Å². The first-order valence-electron chi connectivity index (χ1n) is 6.73. The molecule has 1 N–H and O–H groups in total. The summed E-state index contributed by atoms with van der Waals surface area (Å²) >= 11 is 0. The lowest BCUT2D eigenvalue weighted by Gasteiger charge is -2.17. The van der Waals surface area contributed by atoms with Crippen molar-refractivity contribution >= 4 is 0 Å². The van der Waals surface area contributed by atoms with Gasteiger partial charge in [-0.2, -0.15) is 0 Å². The molecule has 1 saturated carbocycles. The van der Waals surface area contributed by atoms with Crippen molar-refractivity contribution < 1.29 is 9.13 Å². The maximum absolute atomic E-state index is 14.1. The summed E-state index contributed by atoms with van der Waals surface area (Å²) in [5, 5.41) is 3.45. The van der Waals surface area contributed by atoms with Gasteiger partial charge in [-0.1, -0.05) is 19.1 Å². The van der Waals surface area contributed by atoms with Gasteiger partial charge in [-0.15, -0.1) is 0 Å². The van der Waals surface area contributed by atoms with Crippen molar-refractivity contribution in [2.75, 3.05) is 20.2 Å². The Labute approximate surface area is 109 Å². The van der Waals surface area contributed by atoms with E-state index in [1.165, 1.54) is 20.0 Å². The molecule has 100 valence electrons. The molecular weight excluding hydrogens is 229 g/mol. The zero-order chi connectivity index (χ0) is 13.0. The van der Waals surface area contributed by atoms with E-state index in [4.69, 9.17) is 4.74 Å². The molecule has 0 unspecified atom stereocenters. The Bertz CT molecular complexity index is 401. The minimum absolute atomic E-state index is 0.193. The molecule has 0 aliphatic heterocycles. The van der Waals surface area contributed by atoms with Crippen molar-refractivity contribution in [2.24, 2.45) is 5.41 Å². The number of benzene rings is 1. The molecule has 0 spiro atoms. The number of nitrogens with one attached hydrogen (secondary N) is 1. The second kappa shape index (κ2) is 5.70. The lowest BCUT2D eigenvalue weighted by molar-refractivity contribution is 0.379. The molecule has 0 atom stereocenters. The predicted octanol–water partition coefficient (Wildman–Crippen LogP) is 3.16. The SMILES string of the molecule is CCCNCC1(Cc2cccc(OC)c2F)CC1. The van der Waals surface area contributed by atoms with E-state index in [2.05, 4.69) is 12.2 Å². The molecular formula is C15H22FNO. The summed E-state index contributed by atoms with van der Waals surface area (Å²) in [4.78, 5) is 0. The monoisotopic (exact) mass is 251 g/mol. The van der Waals surface area contributed by atoms with Crippen molar-refractivity contribution in [3.63, 3.8) is 0 Å². The standard InChI is InChI=1S/C15H22FNO/c1-3-9-17-11-15(7-8-15)10-12-5-4-6-13(18-2)14(12)16/h4-6,17H,3,7-11H2,1-2H3. The Morgan fingerprint density at radius 2 is 2.17 bits per heavy atom. The van der Waals surface area contributed by atoms with Gasteiger partial charge in [0, 0.05) is 6.54 Å². The minimum Gasteiger partial charge on any atom is -0.494 e. The molecule has 2 rings (SSSR count). The second-order valence-corrected chi connectivity index (χ2v) is 5.29. The van der Waals surface area contributed by atoms with Crippen molar-refractivity contribution in [3.05, 3.63) is 29.6 Å². The quantitative estimate of drug-likeness (QED) is 0.752. The summed E-state index contributed by atoms with van der Waals surface area (Å²) in [6, 6.07) is 5.41. The smallest absolute Gasteiger partial charge is 0.168 e. The molecule has 1 aromatic rings. The van der Waals surface area contributed by atoms with Gasteiger partial charge in [0.05, 0.1) is 7.11 Å². The molecule has 0 aromatic heterocycles. The van der Waals surface area contributed by atoms with Gasteiger partial charge in [0.2, 0.25) is 0 Å². The van der Waals surface area contributed by atoms with Crippen LogP contribution in [0.25, 0.3) is 0 Å². The van der Waals surface area contributed by atoms with Crippen LogP contribution in [-0.4, -0.2) is 20.2 Å². The molecule has 18 heavy (non-hydrogen) atoms. The van der Waals surface area contributed by atoms with E-state index >= 15 is 0 Å². The van der Waals surface area contributed by atoms with Crippen molar-refractivity contribution in [1.82, 2.24) is 5.32 Å². The molecule has 0 radical (unpaired) electrons. The molecule has 0 heterocycles. The summed E-state index contributed by atoms with van der Waals surface area (Å²) in [5.74, 6) is 0.159. The van der Waals surface area contributed by atoms with Crippen molar-refractivity contribution in [2.45, 2.75) is 32.6 Å². The summed E-state index contributed by atoms with van der Waals surface area (Å²) in [6.07, 6.45) is 4.34. The maximum atomic E-state index is 14.1. The highest BCUT2D eigenvalue weighted by Crippen LogP contribution is 2.48. The number of hydrogen-bond acceptors (Lipinski definition) is 2. The number of hydrogen-bond donors (Lipinski definition) is 1. The van der Waals surface area contributed by atoms with Gasteiger partial charge in [-0.3, -0.25) is 0 Å². The van der Waals surface area contributed by atoms with E-state index in [1.54, 1.807) is 6.07 Å². The third-order valence-electron chi connectivity index (χ3n) is 3.71. The van der Waals surface area contributed by atoms with Gasteiger partial charge in [0.15, 0.2) is 11.6 Å². The first-order valence-corrected chi connectivity index (χ1v) is 6.73. The minimum atomic E-state index is -0.193. The molecule has 0 bridgehead atoms. The Balaban J connectivity index is 2.01. The van der Waals surface area contributed by atoms with Crippen molar-refractivity contribution in [1.29, 1.82) is 0 Å². The fraction of sp³-hybridized carbons (Fsp3) is 0.600. The lowest BCUT2D eigenvalue weighted by Crippen LogP contribution is -2.26. The van der Waals surface area contributed by atoms with Gasteiger partial charge >= 0.3 is 0 Å². The highest BCUT2D eigenvalue weighted by atomic mass is 19.1. The van der Waals surface area contributed by atoms with Gasteiger partial charge in [0.25, 0.3) is 0 Å². The Hall–Kier alpha value is -1.09. The summed E-state index contributed by atoms with van der Waals surface area (Å²) in [5.41, 5.74) is 1.06. The molecule has 0 saturated heterocycles. The highest BCUT2D eigenvalue weighted by Gasteiger charge is 2.42. The van der Waals surface area contributed by atoms with E-state index in [1.807, 2.05) is 12.1 Å². The lowest BCUT2D eigenvalue weighted by atomic mass is 9.95. The zero-order valence-electron chi connectivity index (χ0n) is 11.3. The first kappa shape index (κ1) is 13.3. The maximum Gasteiger partial charge on any atom is 0.168 e. The first-order chi connectivity index (χ1) is 8.71.